The van der Waals surface area contributed by atoms with Crippen molar-refractivity contribution in [2.24, 2.45) is 5.41 Å². The van der Waals surface area contributed by atoms with E-state index in [4.69, 9.17) is 9.47 Å². The van der Waals surface area contributed by atoms with E-state index in [2.05, 4.69) is 34.9 Å². The number of ether oxygens (including phenoxy) is 2. The van der Waals surface area contributed by atoms with Crippen molar-refractivity contribution < 1.29 is 29.0 Å². The van der Waals surface area contributed by atoms with Gasteiger partial charge >= 0.3 is 12.1 Å². The maximum Gasteiger partial charge on any atom is 0.407 e. The molecule has 0 radical (unpaired) electrons. The molecule has 3 N–H and O–H groups in total. The molecule has 3 unspecified atom stereocenters. The molecule has 4 rings (SSSR count). The maximum atomic E-state index is 13.1. The van der Waals surface area contributed by atoms with Crippen molar-refractivity contribution in [2.75, 3.05) is 20.3 Å². The molecule has 0 spiro atoms. The Bertz CT molecular complexity index is 1060. The number of alkyl carbamates (subject to hydrolysis) is 1. The lowest BCUT2D eigenvalue weighted by molar-refractivity contribution is -0.144. The second kappa shape index (κ2) is 10.5. The van der Waals surface area contributed by atoms with Crippen LogP contribution in [0.15, 0.2) is 48.5 Å². The summed E-state index contributed by atoms with van der Waals surface area (Å²) in [5.41, 5.74) is 3.63. The predicted molar refractivity (Wildman–Crippen MR) is 130 cm³/mol. The summed E-state index contributed by atoms with van der Waals surface area (Å²) in [5, 5.41) is 14.9. The zero-order valence-corrected chi connectivity index (χ0v) is 20.1. The normalized spacial score (nSPS) is 21.6. The van der Waals surface area contributed by atoms with Gasteiger partial charge in [-0.3, -0.25) is 4.79 Å². The number of rotatable bonds is 9. The lowest BCUT2D eigenvalue weighted by Gasteiger charge is -2.32. The van der Waals surface area contributed by atoms with Crippen LogP contribution in [0, 0.1) is 5.41 Å². The van der Waals surface area contributed by atoms with Gasteiger partial charge in [-0.15, -0.1) is 0 Å². The van der Waals surface area contributed by atoms with Gasteiger partial charge in [0.25, 0.3) is 0 Å². The third-order valence-electron chi connectivity index (χ3n) is 7.33. The van der Waals surface area contributed by atoms with Gasteiger partial charge in [0, 0.05) is 32.1 Å². The number of amides is 2. The topological polar surface area (TPSA) is 114 Å². The van der Waals surface area contributed by atoms with Crippen molar-refractivity contribution in [1.29, 1.82) is 0 Å². The zero-order valence-electron chi connectivity index (χ0n) is 20.1. The molecule has 1 saturated carbocycles. The summed E-state index contributed by atoms with van der Waals surface area (Å²) >= 11 is 0. The van der Waals surface area contributed by atoms with Crippen LogP contribution in [0.25, 0.3) is 11.1 Å². The molecule has 0 aliphatic heterocycles. The fraction of sp³-hybridized carbons (Fsp3) is 0.444. The van der Waals surface area contributed by atoms with E-state index in [0.29, 0.717) is 12.8 Å². The average molecular weight is 481 g/mol. The number of carboxylic acid groups (broad SMARTS) is 1. The van der Waals surface area contributed by atoms with Crippen molar-refractivity contribution in [3.8, 4) is 11.1 Å². The van der Waals surface area contributed by atoms with Crippen molar-refractivity contribution in [1.82, 2.24) is 10.6 Å². The summed E-state index contributed by atoms with van der Waals surface area (Å²) in [4.78, 5) is 37.4. The van der Waals surface area contributed by atoms with Crippen LogP contribution < -0.4 is 10.6 Å². The number of carbonyl (C=O) groups is 3. The molecule has 2 aliphatic carbocycles. The molecule has 8 nitrogen and oxygen atoms in total. The molecule has 0 aromatic heterocycles. The fourth-order valence-electron chi connectivity index (χ4n) is 5.27. The Labute approximate surface area is 205 Å². The first kappa shape index (κ1) is 24.7. The molecule has 0 heterocycles. The van der Waals surface area contributed by atoms with Crippen LogP contribution in [0.3, 0.4) is 0 Å². The van der Waals surface area contributed by atoms with E-state index >= 15 is 0 Å². The van der Waals surface area contributed by atoms with Crippen LogP contribution in [-0.4, -0.2) is 55.5 Å². The van der Waals surface area contributed by atoms with E-state index in [1.807, 2.05) is 24.3 Å². The third kappa shape index (κ3) is 5.03. The first-order chi connectivity index (χ1) is 16.8. The van der Waals surface area contributed by atoms with Gasteiger partial charge < -0.3 is 25.2 Å². The van der Waals surface area contributed by atoms with Crippen LogP contribution in [0.1, 0.15) is 49.7 Å². The molecule has 2 aromatic carbocycles. The lowest BCUT2D eigenvalue weighted by atomic mass is 9.83. The summed E-state index contributed by atoms with van der Waals surface area (Å²) in [6.07, 6.45) is 1.49. The molecular weight excluding hydrogens is 448 g/mol. The summed E-state index contributed by atoms with van der Waals surface area (Å²) < 4.78 is 10.6. The second-order valence-electron chi connectivity index (χ2n) is 9.48. The fourth-order valence-corrected chi connectivity index (χ4v) is 5.27. The van der Waals surface area contributed by atoms with E-state index in [1.165, 1.54) is 7.11 Å². The number of aliphatic carboxylic acids is 1. The summed E-state index contributed by atoms with van der Waals surface area (Å²) in [7, 11) is 1.48. The largest absolute Gasteiger partial charge is 0.480 e. The Morgan fingerprint density at radius 1 is 1.09 bits per heavy atom. The van der Waals surface area contributed by atoms with Crippen molar-refractivity contribution in [3.05, 3.63) is 59.7 Å². The van der Waals surface area contributed by atoms with Crippen LogP contribution in [0.2, 0.25) is 0 Å². The Kier molecular flexibility index (Phi) is 7.40. The van der Waals surface area contributed by atoms with Gasteiger partial charge in [-0.25, -0.2) is 9.59 Å². The van der Waals surface area contributed by atoms with Gasteiger partial charge in [0.05, 0.1) is 5.41 Å². The Morgan fingerprint density at radius 3 is 2.31 bits per heavy atom. The quantitative estimate of drug-likeness (QED) is 0.504. The molecule has 2 aliphatic rings. The number of methoxy groups -OCH3 is 1. The van der Waals surface area contributed by atoms with Crippen molar-refractivity contribution in [2.45, 2.75) is 50.6 Å². The molecule has 3 atom stereocenters. The summed E-state index contributed by atoms with van der Waals surface area (Å²) in [6, 6.07) is 14.7. The van der Waals surface area contributed by atoms with Gasteiger partial charge in [0.2, 0.25) is 5.91 Å². The smallest absolute Gasteiger partial charge is 0.407 e. The summed E-state index contributed by atoms with van der Waals surface area (Å²) in [6.45, 7) is 2.17. The molecule has 2 aromatic rings. The van der Waals surface area contributed by atoms with E-state index in [0.717, 1.165) is 28.7 Å². The number of carbonyl (C=O) groups excluding carboxylic acids is 2. The minimum atomic E-state index is -1.11. The average Bonchev–Trinajstić information content (AvgIpc) is 3.38. The van der Waals surface area contributed by atoms with E-state index in [-0.39, 0.29) is 31.5 Å². The summed E-state index contributed by atoms with van der Waals surface area (Å²) in [5.74, 6) is -1.55. The maximum absolute atomic E-state index is 13.1. The Hall–Kier alpha value is -3.39. The Balaban J connectivity index is 1.39. The molecule has 1 fully saturated rings. The zero-order chi connectivity index (χ0) is 25.0. The molecule has 2 amide bonds. The van der Waals surface area contributed by atoms with Gasteiger partial charge in [-0.1, -0.05) is 55.0 Å². The van der Waals surface area contributed by atoms with Crippen LogP contribution in [0.5, 0.6) is 0 Å². The first-order valence-corrected chi connectivity index (χ1v) is 12.0. The van der Waals surface area contributed by atoms with Gasteiger partial charge in [-0.05, 0) is 42.0 Å². The number of carboxylic acids is 1. The number of fused-ring (bicyclic) bond motifs is 3. The highest BCUT2D eigenvalue weighted by molar-refractivity contribution is 5.88. The minimum absolute atomic E-state index is 0.0523. The molecule has 0 saturated heterocycles. The molecule has 0 bridgehead atoms. The van der Waals surface area contributed by atoms with Crippen LogP contribution in [0.4, 0.5) is 4.79 Å². The molecular formula is C27H32N2O6. The van der Waals surface area contributed by atoms with Crippen molar-refractivity contribution in [3.63, 3.8) is 0 Å². The van der Waals surface area contributed by atoms with Crippen LogP contribution in [-0.2, 0) is 19.1 Å². The molecule has 186 valence electrons. The highest BCUT2D eigenvalue weighted by atomic mass is 16.5. The van der Waals surface area contributed by atoms with Gasteiger partial charge in [0.15, 0.2) is 0 Å². The Morgan fingerprint density at radius 2 is 1.71 bits per heavy atom. The van der Waals surface area contributed by atoms with E-state index < -0.39 is 29.6 Å². The van der Waals surface area contributed by atoms with E-state index in [9.17, 15) is 19.5 Å². The monoisotopic (exact) mass is 480 g/mol. The van der Waals surface area contributed by atoms with E-state index in [1.54, 1.807) is 6.92 Å². The minimum Gasteiger partial charge on any atom is -0.480 e. The third-order valence-corrected chi connectivity index (χ3v) is 7.33. The first-order valence-electron chi connectivity index (χ1n) is 12.0. The van der Waals surface area contributed by atoms with Gasteiger partial charge in [0.1, 0.15) is 12.6 Å². The lowest BCUT2D eigenvalue weighted by Crippen LogP contribution is -2.54. The SMILES string of the molecule is COCCC(NC(=O)C1(C)CCCC1NC(=O)OCC1c2ccccc2-c2ccccc21)C(=O)O. The molecule has 35 heavy (non-hydrogen) atoms. The van der Waals surface area contributed by atoms with Crippen molar-refractivity contribution >= 4 is 18.0 Å². The number of hydrogen-bond acceptors (Lipinski definition) is 5. The second-order valence-corrected chi connectivity index (χ2v) is 9.48. The standard InChI is InChI=1S/C27H32N2O6/c1-27(25(32)28-22(24(30)31)13-15-34-2)14-7-12-23(27)29-26(33)35-16-21-19-10-5-3-8-17(19)18-9-4-6-11-20(18)21/h3-6,8-11,21-23H,7,12-16H2,1-2H3,(H,28,32)(H,29,33)(H,30,31). The van der Waals surface area contributed by atoms with Gasteiger partial charge in [-0.2, -0.15) is 0 Å². The predicted octanol–water partition coefficient (Wildman–Crippen LogP) is 3.69. The number of hydrogen-bond donors (Lipinski definition) is 3. The number of benzene rings is 2. The molecule has 8 heteroatoms. The number of nitrogens with one attached hydrogen (secondary N) is 2. The highest BCUT2D eigenvalue weighted by Gasteiger charge is 2.47. The van der Waals surface area contributed by atoms with Crippen LogP contribution >= 0.6 is 0 Å². The highest BCUT2D eigenvalue weighted by Crippen LogP contribution is 2.44.